The minimum atomic E-state index is -0.563. The van der Waals surface area contributed by atoms with E-state index in [1.165, 1.54) is 6.42 Å². The average molecular weight is 392 g/mol. The highest BCUT2D eigenvalue weighted by molar-refractivity contribution is 9.10. The van der Waals surface area contributed by atoms with Crippen LogP contribution in [0.1, 0.15) is 40.0 Å². The number of hydrazine groups is 1. The van der Waals surface area contributed by atoms with Gasteiger partial charge < -0.3 is 4.74 Å². The number of carbonyl (C=O) groups is 1. The number of carbonyl (C=O) groups excluding carboxylic acids is 1. The van der Waals surface area contributed by atoms with Crippen LogP contribution in [0.5, 0.6) is 0 Å². The summed E-state index contributed by atoms with van der Waals surface area (Å²) in [6.07, 6.45) is 4.55. The lowest BCUT2D eigenvalue weighted by molar-refractivity contribution is 0.0516. The highest BCUT2D eigenvalue weighted by Crippen LogP contribution is 2.30. The number of anilines is 1. The highest BCUT2D eigenvalue weighted by atomic mass is 79.9. The molecule has 1 aliphatic rings. The van der Waals surface area contributed by atoms with Gasteiger partial charge in [0, 0.05) is 12.7 Å². The van der Waals surface area contributed by atoms with Gasteiger partial charge in [0.25, 0.3) is 0 Å². The summed E-state index contributed by atoms with van der Waals surface area (Å²) in [5.74, 6) is 1.05. The summed E-state index contributed by atoms with van der Waals surface area (Å²) in [5.41, 5.74) is 2.19. The topological polar surface area (TPSA) is 67.3 Å². The Morgan fingerprint density at radius 3 is 2.77 bits per heavy atom. The number of hydrogen-bond acceptors (Lipinski definition) is 5. The van der Waals surface area contributed by atoms with E-state index in [-0.39, 0.29) is 5.28 Å². The van der Waals surface area contributed by atoms with Gasteiger partial charge in [0.1, 0.15) is 5.60 Å². The van der Waals surface area contributed by atoms with E-state index in [0.717, 1.165) is 12.8 Å². The molecule has 1 aliphatic carbocycles. The normalized spacial score (nSPS) is 15.1. The van der Waals surface area contributed by atoms with E-state index in [9.17, 15) is 4.79 Å². The zero-order valence-corrected chi connectivity index (χ0v) is 15.2. The Morgan fingerprint density at radius 2 is 2.23 bits per heavy atom. The van der Waals surface area contributed by atoms with E-state index >= 15 is 0 Å². The van der Waals surface area contributed by atoms with Crippen molar-refractivity contribution in [2.75, 3.05) is 11.6 Å². The first-order valence-corrected chi connectivity index (χ1v) is 8.37. The van der Waals surface area contributed by atoms with Crippen molar-refractivity contribution in [3.63, 3.8) is 0 Å². The van der Waals surface area contributed by atoms with Crippen LogP contribution in [0.2, 0.25) is 5.28 Å². The number of ether oxygens (including phenoxy) is 1. The zero-order chi connectivity index (χ0) is 16.3. The number of nitrogens with zero attached hydrogens (tertiary/aromatic N) is 3. The summed E-state index contributed by atoms with van der Waals surface area (Å²) < 4.78 is 5.97. The van der Waals surface area contributed by atoms with Crippen molar-refractivity contribution in [2.45, 2.75) is 45.6 Å². The monoisotopic (exact) mass is 390 g/mol. The lowest BCUT2D eigenvalue weighted by Crippen LogP contribution is -2.48. The fraction of sp³-hybridized carbons (Fsp3) is 0.643. The van der Waals surface area contributed by atoms with Gasteiger partial charge >= 0.3 is 6.09 Å². The van der Waals surface area contributed by atoms with Crippen LogP contribution >= 0.6 is 27.5 Å². The van der Waals surface area contributed by atoms with Gasteiger partial charge in [-0.25, -0.2) is 15.2 Å². The molecular formula is C14H20BrClN4O2. The van der Waals surface area contributed by atoms with Gasteiger partial charge in [-0.1, -0.05) is 6.42 Å². The van der Waals surface area contributed by atoms with Crippen LogP contribution < -0.4 is 10.4 Å². The zero-order valence-electron chi connectivity index (χ0n) is 12.9. The third kappa shape index (κ3) is 4.98. The van der Waals surface area contributed by atoms with Crippen molar-refractivity contribution >= 4 is 39.4 Å². The maximum Gasteiger partial charge on any atom is 0.426 e. The molecule has 0 saturated heterocycles. The molecule has 1 heterocycles. The maximum atomic E-state index is 12.1. The number of rotatable bonds is 4. The Kier molecular flexibility index (Phi) is 5.50. The second kappa shape index (κ2) is 7.00. The standard InChI is InChI=1S/C14H20BrClN4O2/c1-14(2,3)22-13(21)19-20(8-9-5-4-6-9)11-10(15)7-17-12(16)18-11/h7,9H,4-6,8H2,1-3H3,(H,19,21). The number of aromatic nitrogens is 2. The molecule has 8 heteroatoms. The lowest BCUT2D eigenvalue weighted by atomic mass is 9.85. The molecule has 122 valence electrons. The first kappa shape index (κ1) is 17.3. The van der Waals surface area contributed by atoms with Gasteiger partial charge in [-0.3, -0.25) is 5.01 Å². The molecule has 22 heavy (non-hydrogen) atoms. The minimum Gasteiger partial charge on any atom is -0.443 e. The van der Waals surface area contributed by atoms with E-state index in [1.54, 1.807) is 11.2 Å². The summed E-state index contributed by atoms with van der Waals surface area (Å²) in [6.45, 7) is 6.12. The van der Waals surface area contributed by atoms with E-state index in [1.807, 2.05) is 20.8 Å². The summed E-state index contributed by atoms with van der Waals surface area (Å²) >= 11 is 9.27. The molecule has 1 saturated carbocycles. The van der Waals surface area contributed by atoms with Crippen LogP contribution in [0.4, 0.5) is 10.6 Å². The smallest absolute Gasteiger partial charge is 0.426 e. The number of hydrogen-bond donors (Lipinski definition) is 1. The summed E-state index contributed by atoms with van der Waals surface area (Å²) in [4.78, 5) is 20.2. The molecule has 0 atom stereocenters. The van der Waals surface area contributed by atoms with Gasteiger partial charge in [-0.2, -0.15) is 4.98 Å². The van der Waals surface area contributed by atoms with Gasteiger partial charge in [-0.15, -0.1) is 0 Å². The second-order valence-corrected chi connectivity index (χ2v) is 7.52. The Hall–Kier alpha value is -1.08. The molecule has 0 radical (unpaired) electrons. The molecule has 6 nitrogen and oxygen atoms in total. The van der Waals surface area contributed by atoms with Crippen LogP contribution in [-0.2, 0) is 4.74 Å². The summed E-state index contributed by atoms with van der Waals surface area (Å²) in [7, 11) is 0. The van der Waals surface area contributed by atoms with E-state index < -0.39 is 11.7 Å². The van der Waals surface area contributed by atoms with Crippen molar-refractivity contribution in [2.24, 2.45) is 5.92 Å². The molecule has 0 spiro atoms. The predicted molar refractivity (Wildman–Crippen MR) is 88.8 cm³/mol. The van der Waals surface area contributed by atoms with Gasteiger partial charge in [0.05, 0.1) is 4.47 Å². The van der Waals surface area contributed by atoms with Crippen molar-refractivity contribution in [1.29, 1.82) is 0 Å². The second-order valence-electron chi connectivity index (χ2n) is 6.33. The van der Waals surface area contributed by atoms with Crippen molar-refractivity contribution in [1.82, 2.24) is 15.4 Å². The molecule has 1 amide bonds. The largest absolute Gasteiger partial charge is 0.443 e. The van der Waals surface area contributed by atoms with Crippen LogP contribution in [0.15, 0.2) is 10.7 Å². The predicted octanol–water partition coefficient (Wildman–Crippen LogP) is 3.94. The molecule has 1 aromatic rings. The fourth-order valence-electron chi connectivity index (χ4n) is 2.06. The molecule has 1 aromatic heterocycles. The molecule has 0 aromatic carbocycles. The fourth-order valence-corrected chi connectivity index (χ4v) is 2.59. The Labute approximate surface area is 143 Å². The van der Waals surface area contributed by atoms with Crippen molar-refractivity contribution in [3.8, 4) is 0 Å². The first-order chi connectivity index (χ1) is 10.2. The number of amides is 1. The van der Waals surface area contributed by atoms with Crippen LogP contribution in [0, 0.1) is 5.92 Å². The first-order valence-electron chi connectivity index (χ1n) is 7.20. The molecule has 0 unspecified atom stereocenters. The molecule has 1 N–H and O–H groups in total. The Balaban J connectivity index is 2.14. The molecule has 0 bridgehead atoms. The maximum absolute atomic E-state index is 12.1. The van der Waals surface area contributed by atoms with E-state index in [4.69, 9.17) is 16.3 Å². The summed E-state index contributed by atoms with van der Waals surface area (Å²) in [6, 6.07) is 0. The number of nitrogens with one attached hydrogen (secondary N) is 1. The van der Waals surface area contributed by atoms with Crippen LogP contribution in [0.25, 0.3) is 0 Å². The molecule has 2 rings (SSSR count). The van der Waals surface area contributed by atoms with Gasteiger partial charge in [0.15, 0.2) is 5.82 Å². The Bertz CT molecular complexity index is 546. The van der Waals surface area contributed by atoms with Crippen LogP contribution in [0.3, 0.4) is 0 Å². The average Bonchev–Trinajstić information content (AvgIpc) is 2.33. The van der Waals surface area contributed by atoms with Crippen molar-refractivity contribution < 1.29 is 9.53 Å². The van der Waals surface area contributed by atoms with E-state index in [2.05, 4.69) is 31.3 Å². The number of halogens is 2. The van der Waals surface area contributed by atoms with Gasteiger partial charge in [0.2, 0.25) is 5.28 Å². The SMILES string of the molecule is CC(C)(C)OC(=O)NN(CC1CCC1)c1nc(Cl)ncc1Br. The third-order valence-corrected chi connectivity index (χ3v) is 3.98. The van der Waals surface area contributed by atoms with Gasteiger partial charge in [-0.05, 0) is 67.1 Å². The Morgan fingerprint density at radius 1 is 1.55 bits per heavy atom. The minimum absolute atomic E-state index is 0.128. The molecular weight excluding hydrogens is 372 g/mol. The van der Waals surface area contributed by atoms with Crippen LogP contribution in [-0.4, -0.2) is 28.2 Å². The van der Waals surface area contributed by atoms with Crippen molar-refractivity contribution in [3.05, 3.63) is 16.0 Å². The summed E-state index contributed by atoms with van der Waals surface area (Å²) in [5, 5.41) is 1.80. The molecule has 1 fully saturated rings. The molecule has 0 aliphatic heterocycles. The third-order valence-electron chi connectivity index (χ3n) is 3.24. The quantitative estimate of drug-likeness (QED) is 0.622. The van der Waals surface area contributed by atoms with E-state index in [0.29, 0.717) is 22.8 Å². The lowest BCUT2D eigenvalue weighted by Gasteiger charge is -2.33. The highest BCUT2D eigenvalue weighted by Gasteiger charge is 2.26.